The van der Waals surface area contributed by atoms with E-state index in [1.54, 1.807) is 27.7 Å². The van der Waals surface area contributed by atoms with Gasteiger partial charge in [-0.1, -0.05) is 157 Å². The Labute approximate surface area is 332 Å². The summed E-state index contributed by atoms with van der Waals surface area (Å²) in [7, 11) is 1.33. The van der Waals surface area contributed by atoms with Crippen molar-refractivity contribution in [2.24, 2.45) is 0 Å². The third-order valence-corrected chi connectivity index (χ3v) is 8.08. The number of unbranched alkanes of at least 4 members (excludes halogenated alkanes) is 16. The molecule has 0 N–H and O–H groups in total. The van der Waals surface area contributed by atoms with E-state index < -0.39 is 0 Å². The summed E-state index contributed by atoms with van der Waals surface area (Å²) in [6.45, 7) is 33.3. The number of ether oxygens (including phenoxy) is 4. The second-order valence-corrected chi connectivity index (χ2v) is 13.7. The Hall–Kier alpha value is -3.20. The quantitative estimate of drug-likeness (QED) is 0.0318. The number of rotatable bonds is 29. The Morgan fingerprint density at radius 2 is 0.685 bits per heavy atom. The maximum Gasteiger partial charge on any atom is 0.333 e. The van der Waals surface area contributed by atoms with Gasteiger partial charge >= 0.3 is 23.9 Å². The predicted octanol–water partition coefficient (Wildman–Crippen LogP) is 11.5. The molecule has 0 spiro atoms. The Morgan fingerprint density at radius 1 is 0.407 bits per heavy atom. The number of methoxy groups -OCH3 is 1. The van der Waals surface area contributed by atoms with Crippen LogP contribution >= 0.6 is 0 Å². The van der Waals surface area contributed by atoms with Crippen molar-refractivity contribution in [2.75, 3.05) is 46.6 Å². The fourth-order valence-electron chi connectivity index (χ4n) is 4.48. The minimum atomic E-state index is -0.347. The fourth-order valence-corrected chi connectivity index (χ4v) is 4.48. The molecular formula is C45H83NO8. The van der Waals surface area contributed by atoms with Crippen LogP contribution < -0.4 is 0 Å². The summed E-state index contributed by atoms with van der Waals surface area (Å²) in [5.41, 5.74) is 1.85. The van der Waals surface area contributed by atoms with E-state index in [9.17, 15) is 19.2 Å². The maximum absolute atomic E-state index is 11.2. The zero-order valence-corrected chi connectivity index (χ0v) is 36.5. The molecule has 0 unspecified atom stereocenters. The minimum absolute atomic E-state index is 0.254. The summed E-state index contributed by atoms with van der Waals surface area (Å²) in [5, 5.41) is 0. The van der Waals surface area contributed by atoms with E-state index in [-0.39, 0.29) is 23.9 Å². The summed E-state index contributed by atoms with van der Waals surface area (Å²) in [5.74, 6) is -1.18. The van der Waals surface area contributed by atoms with E-state index in [2.05, 4.69) is 63.6 Å². The molecule has 0 aliphatic rings. The van der Waals surface area contributed by atoms with Crippen LogP contribution in [-0.4, -0.2) is 75.3 Å². The molecule has 0 saturated heterocycles. The monoisotopic (exact) mass is 766 g/mol. The lowest BCUT2D eigenvalue weighted by Crippen LogP contribution is -2.27. The van der Waals surface area contributed by atoms with Gasteiger partial charge in [0, 0.05) is 28.8 Å². The van der Waals surface area contributed by atoms with Gasteiger partial charge in [-0.3, -0.25) is 0 Å². The van der Waals surface area contributed by atoms with E-state index >= 15 is 0 Å². The van der Waals surface area contributed by atoms with Crippen molar-refractivity contribution in [3.05, 3.63) is 48.6 Å². The number of carbonyl (C=O) groups is 4. The highest BCUT2D eigenvalue weighted by atomic mass is 16.5. The van der Waals surface area contributed by atoms with Crippen molar-refractivity contribution in [3.8, 4) is 0 Å². The van der Waals surface area contributed by atoms with Crippen LogP contribution in [0.5, 0.6) is 0 Å². The Balaban J connectivity index is -0.000000348. The molecule has 0 heterocycles. The maximum atomic E-state index is 11.2. The SMILES string of the molecule is C=C(C)C(=O)OC.C=C(C)C(=O)OCCCC.C=C(C)C(=O)OCCCCCCCCCCCCCCCCCC.C=C(C)C(=O)OCCN(CC)CC. The van der Waals surface area contributed by atoms with Gasteiger partial charge in [-0.05, 0) is 53.6 Å². The highest BCUT2D eigenvalue weighted by Gasteiger charge is 2.05. The lowest BCUT2D eigenvalue weighted by atomic mass is 10.0. The number of likely N-dealkylation sites (N-methyl/N-ethyl adjacent to an activating group) is 1. The number of carbonyl (C=O) groups excluding carboxylic acids is 4. The van der Waals surface area contributed by atoms with Crippen LogP contribution in [0.4, 0.5) is 0 Å². The molecule has 9 nitrogen and oxygen atoms in total. The summed E-state index contributed by atoms with van der Waals surface area (Å²) >= 11 is 0. The molecule has 0 amide bonds. The van der Waals surface area contributed by atoms with E-state index in [0.29, 0.717) is 42.1 Å². The number of nitrogens with zero attached hydrogens (tertiary/aromatic N) is 1. The molecule has 54 heavy (non-hydrogen) atoms. The molecule has 0 aromatic heterocycles. The molecule has 0 rings (SSSR count). The largest absolute Gasteiger partial charge is 0.466 e. The van der Waals surface area contributed by atoms with Crippen LogP contribution in [0.15, 0.2) is 48.6 Å². The first-order chi connectivity index (χ1) is 25.7. The van der Waals surface area contributed by atoms with Gasteiger partial charge in [-0.25, -0.2) is 19.2 Å². The highest BCUT2D eigenvalue weighted by Crippen LogP contribution is 2.14. The lowest BCUT2D eigenvalue weighted by molar-refractivity contribution is -0.140. The highest BCUT2D eigenvalue weighted by molar-refractivity contribution is 5.88. The van der Waals surface area contributed by atoms with Gasteiger partial charge in [-0.15, -0.1) is 0 Å². The van der Waals surface area contributed by atoms with Gasteiger partial charge < -0.3 is 23.8 Å². The Bertz CT molecular complexity index is 1000. The van der Waals surface area contributed by atoms with Crippen molar-refractivity contribution in [2.45, 2.75) is 171 Å². The smallest absolute Gasteiger partial charge is 0.333 e. The van der Waals surface area contributed by atoms with Gasteiger partial charge in [0.25, 0.3) is 0 Å². The number of hydrogen-bond donors (Lipinski definition) is 0. The normalized spacial score (nSPS) is 9.89. The lowest BCUT2D eigenvalue weighted by Gasteiger charge is -2.17. The average molecular weight is 766 g/mol. The zero-order chi connectivity index (χ0) is 42.0. The first-order valence-electron chi connectivity index (χ1n) is 20.6. The van der Waals surface area contributed by atoms with Crippen molar-refractivity contribution < 1.29 is 38.1 Å². The first kappa shape index (κ1) is 57.5. The van der Waals surface area contributed by atoms with Crippen LogP contribution in [0, 0.1) is 0 Å². The molecule has 9 heteroatoms. The third kappa shape index (κ3) is 46.8. The fraction of sp³-hybridized carbons (Fsp3) is 0.733. The van der Waals surface area contributed by atoms with E-state index in [1.807, 2.05) is 0 Å². The van der Waals surface area contributed by atoms with E-state index in [0.717, 1.165) is 38.9 Å². The van der Waals surface area contributed by atoms with Gasteiger partial charge in [0.05, 0.1) is 20.3 Å². The van der Waals surface area contributed by atoms with Crippen molar-refractivity contribution in [3.63, 3.8) is 0 Å². The molecule has 0 aromatic rings. The summed E-state index contributed by atoms with van der Waals surface area (Å²) in [4.78, 5) is 45.2. The Kier molecular flexibility index (Phi) is 47.1. The van der Waals surface area contributed by atoms with Crippen LogP contribution in [-0.2, 0) is 38.1 Å². The standard InChI is InChI=1S/C22H42O2.C10H19NO2.C8H14O2.C5H8O2/c1-4-5-6-7-8-9-10-11-12-13-14-15-16-17-18-19-20-24-22(23)21(2)3;1-5-11(6-2)7-8-13-10(12)9(3)4;1-4-5-6-10-8(9)7(2)3;1-4(2)5(6)7-3/h2,4-20H2,1,3H3;3,5-8H2,1-2,4H3;2,4-6H2,1,3H3;1H2,2-3H3. The van der Waals surface area contributed by atoms with Crippen LogP contribution in [0.3, 0.4) is 0 Å². The van der Waals surface area contributed by atoms with Gasteiger partial charge in [-0.2, -0.15) is 0 Å². The molecule has 0 saturated carbocycles. The van der Waals surface area contributed by atoms with Crippen LogP contribution in [0.1, 0.15) is 171 Å². The summed E-state index contributed by atoms with van der Waals surface area (Å²) < 4.78 is 19.1. The topological polar surface area (TPSA) is 108 Å². The molecular weight excluding hydrogens is 682 g/mol. The van der Waals surface area contributed by atoms with Crippen LogP contribution in [0.25, 0.3) is 0 Å². The van der Waals surface area contributed by atoms with Crippen LogP contribution in [0.2, 0.25) is 0 Å². The molecule has 0 aromatic carbocycles. The molecule has 0 bridgehead atoms. The Morgan fingerprint density at radius 3 is 0.944 bits per heavy atom. The predicted molar refractivity (Wildman–Crippen MR) is 226 cm³/mol. The summed E-state index contributed by atoms with van der Waals surface area (Å²) in [6.07, 6.45) is 23.7. The molecule has 0 aliphatic heterocycles. The number of esters is 4. The van der Waals surface area contributed by atoms with Gasteiger partial charge in [0.1, 0.15) is 6.61 Å². The molecule has 316 valence electrons. The zero-order valence-electron chi connectivity index (χ0n) is 36.5. The molecule has 0 aliphatic carbocycles. The molecule has 0 radical (unpaired) electrons. The minimum Gasteiger partial charge on any atom is -0.466 e. The number of hydrogen-bond acceptors (Lipinski definition) is 9. The molecule has 0 atom stereocenters. The first-order valence-corrected chi connectivity index (χ1v) is 20.6. The molecule has 0 fully saturated rings. The average Bonchev–Trinajstić information content (AvgIpc) is 3.14. The second-order valence-electron chi connectivity index (χ2n) is 13.7. The van der Waals surface area contributed by atoms with Gasteiger partial charge in [0.15, 0.2) is 0 Å². The van der Waals surface area contributed by atoms with Crippen molar-refractivity contribution in [1.29, 1.82) is 0 Å². The second kappa shape index (κ2) is 44.2. The van der Waals surface area contributed by atoms with Crippen molar-refractivity contribution >= 4 is 23.9 Å². The van der Waals surface area contributed by atoms with E-state index in [1.165, 1.54) is 103 Å². The van der Waals surface area contributed by atoms with E-state index in [4.69, 9.17) is 14.2 Å². The van der Waals surface area contributed by atoms with Gasteiger partial charge in [0.2, 0.25) is 0 Å². The third-order valence-electron chi connectivity index (χ3n) is 8.08. The van der Waals surface area contributed by atoms with Crippen molar-refractivity contribution in [1.82, 2.24) is 4.90 Å². The summed E-state index contributed by atoms with van der Waals surface area (Å²) in [6, 6.07) is 0.